The van der Waals surface area contributed by atoms with Crippen LogP contribution in [-0.4, -0.2) is 34.1 Å². The van der Waals surface area contributed by atoms with Crippen molar-refractivity contribution in [3.8, 4) is 0 Å². The number of H-pyrrole nitrogens is 1. The third kappa shape index (κ3) is 2.24. The van der Waals surface area contributed by atoms with E-state index in [-0.39, 0.29) is 6.54 Å². The molecule has 1 aliphatic rings. The fourth-order valence-electron chi connectivity index (χ4n) is 1.77. The number of nitrogens with zero attached hydrogens (tertiary/aromatic N) is 2. The summed E-state index contributed by atoms with van der Waals surface area (Å²) in [5.74, 6) is 0. The van der Waals surface area contributed by atoms with Gasteiger partial charge in [-0.25, -0.2) is 0 Å². The molecule has 0 saturated carbocycles. The van der Waals surface area contributed by atoms with Gasteiger partial charge in [-0.2, -0.15) is 18.3 Å². The summed E-state index contributed by atoms with van der Waals surface area (Å²) in [5.41, 5.74) is 1.76. The van der Waals surface area contributed by atoms with Crippen molar-refractivity contribution in [3.05, 3.63) is 17.0 Å². The number of carbonyl (C=O) groups is 1. The molecule has 0 bridgehead atoms. The van der Waals surface area contributed by atoms with E-state index in [1.807, 2.05) is 0 Å². The van der Waals surface area contributed by atoms with Gasteiger partial charge in [-0.3, -0.25) is 14.8 Å². The third-order valence-electron chi connectivity index (χ3n) is 2.57. The number of hydrogen-bond acceptors (Lipinski definition) is 3. The van der Waals surface area contributed by atoms with Crippen LogP contribution in [0.3, 0.4) is 0 Å². The molecular weight excluding hydrogens is 223 g/mol. The van der Waals surface area contributed by atoms with Crippen molar-refractivity contribution in [2.75, 3.05) is 6.54 Å². The molecule has 0 saturated heterocycles. The van der Waals surface area contributed by atoms with Crippen LogP contribution in [-0.2, 0) is 13.1 Å². The van der Waals surface area contributed by atoms with Crippen molar-refractivity contribution < 1.29 is 18.0 Å². The molecule has 16 heavy (non-hydrogen) atoms. The monoisotopic (exact) mass is 233 g/mol. The minimum absolute atomic E-state index is 0.0513. The molecular formula is C9H10F3N3O. The van der Waals surface area contributed by atoms with Crippen LogP contribution in [0.5, 0.6) is 0 Å². The Morgan fingerprint density at radius 3 is 2.81 bits per heavy atom. The van der Waals surface area contributed by atoms with Gasteiger partial charge in [0.05, 0.1) is 12.1 Å². The van der Waals surface area contributed by atoms with E-state index in [1.165, 1.54) is 0 Å². The van der Waals surface area contributed by atoms with Crippen molar-refractivity contribution in [1.29, 1.82) is 0 Å². The molecule has 1 aliphatic heterocycles. The van der Waals surface area contributed by atoms with Crippen LogP contribution in [0.1, 0.15) is 28.2 Å². The zero-order valence-corrected chi connectivity index (χ0v) is 8.34. The first kappa shape index (κ1) is 11.1. The number of alkyl halides is 3. The molecule has 0 atom stereocenters. The number of aldehydes is 1. The molecule has 0 aromatic carbocycles. The average molecular weight is 233 g/mol. The van der Waals surface area contributed by atoms with Gasteiger partial charge in [0.25, 0.3) is 0 Å². The third-order valence-corrected chi connectivity index (χ3v) is 2.57. The van der Waals surface area contributed by atoms with E-state index in [0.29, 0.717) is 25.1 Å². The molecule has 2 heterocycles. The van der Waals surface area contributed by atoms with Crippen LogP contribution in [0.25, 0.3) is 0 Å². The van der Waals surface area contributed by atoms with Crippen molar-refractivity contribution in [3.63, 3.8) is 0 Å². The lowest BCUT2D eigenvalue weighted by molar-refractivity contribution is -0.138. The summed E-state index contributed by atoms with van der Waals surface area (Å²) in [6, 6.07) is 0. The Bertz CT molecular complexity index is 399. The highest BCUT2D eigenvalue weighted by atomic mass is 19.4. The normalized spacial score (nSPS) is 16.4. The summed E-state index contributed by atoms with van der Waals surface area (Å²) in [5, 5.41) is 6.42. The molecule has 1 N–H and O–H groups in total. The van der Waals surface area contributed by atoms with E-state index in [4.69, 9.17) is 0 Å². The molecule has 0 amide bonds. The van der Waals surface area contributed by atoms with Gasteiger partial charge >= 0.3 is 6.18 Å². The standard InChI is InChI=1S/C9H10F3N3O/c10-9(11,12)1-2-15-3-6-7(4-15)13-14-8(6)5-16/h5H,1-4H2,(H,13,14). The quantitative estimate of drug-likeness (QED) is 0.804. The molecule has 1 aromatic heterocycles. The number of carbonyl (C=O) groups excluding carboxylic acids is 1. The zero-order valence-electron chi connectivity index (χ0n) is 8.34. The summed E-state index contributed by atoms with van der Waals surface area (Å²) in [6.07, 6.45) is -4.36. The second-order valence-corrected chi connectivity index (χ2v) is 3.76. The number of fused-ring (bicyclic) bond motifs is 1. The Morgan fingerprint density at radius 2 is 2.19 bits per heavy atom. The van der Waals surface area contributed by atoms with Gasteiger partial charge in [0.2, 0.25) is 0 Å². The van der Waals surface area contributed by atoms with Crippen LogP contribution < -0.4 is 0 Å². The van der Waals surface area contributed by atoms with Gasteiger partial charge in [-0.1, -0.05) is 0 Å². The highest BCUT2D eigenvalue weighted by Gasteiger charge is 2.30. The molecule has 88 valence electrons. The highest BCUT2D eigenvalue weighted by molar-refractivity contribution is 5.74. The maximum absolute atomic E-state index is 12.0. The number of rotatable bonds is 3. The van der Waals surface area contributed by atoms with E-state index in [0.717, 1.165) is 11.3 Å². The minimum atomic E-state index is -4.14. The van der Waals surface area contributed by atoms with Gasteiger partial charge in [0, 0.05) is 25.2 Å². The summed E-state index contributed by atoms with van der Waals surface area (Å²) in [6.45, 7) is 0.701. The summed E-state index contributed by atoms with van der Waals surface area (Å²) >= 11 is 0. The van der Waals surface area contributed by atoms with Crippen LogP contribution >= 0.6 is 0 Å². The van der Waals surface area contributed by atoms with Gasteiger partial charge in [-0.15, -0.1) is 0 Å². The highest BCUT2D eigenvalue weighted by Crippen LogP contribution is 2.26. The lowest BCUT2D eigenvalue weighted by Gasteiger charge is -2.15. The predicted molar refractivity (Wildman–Crippen MR) is 48.8 cm³/mol. The maximum Gasteiger partial charge on any atom is 0.390 e. The SMILES string of the molecule is O=Cc1n[nH]c2c1CN(CCC(F)(F)F)C2. The second-order valence-electron chi connectivity index (χ2n) is 3.76. The van der Waals surface area contributed by atoms with Crippen molar-refractivity contribution in [2.24, 2.45) is 0 Å². The number of nitrogens with one attached hydrogen (secondary N) is 1. The number of hydrogen-bond donors (Lipinski definition) is 1. The van der Waals surface area contributed by atoms with Crippen molar-refractivity contribution in [1.82, 2.24) is 15.1 Å². The molecule has 2 rings (SSSR count). The Balaban J connectivity index is 1.95. The summed E-state index contributed by atoms with van der Waals surface area (Å²) in [7, 11) is 0. The van der Waals surface area contributed by atoms with E-state index in [9.17, 15) is 18.0 Å². The first-order valence-electron chi connectivity index (χ1n) is 4.80. The van der Waals surface area contributed by atoms with Gasteiger partial charge in [0.15, 0.2) is 6.29 Å². The van der Waals surface area contributed by atoms with Crippen LogP contribution in [0.15, 0.2) is 0 Å². The average Bonchev–Trinajstić information content (AvgIpc) is 2.71. The van der Waals surface area contributed by atoms with Gasteiger partial charge in [-0.05, 0) is 0 Å². The molecule has 0 aliphatic carbocycles. The largest absolute Gasteiger partial charge is 0.390 e. The van der Waals surface area contributed by atoms with Crippen LogP contribution in [0.2, 0.25) is 0 Å². The topological polar surface area (TPSA) is 49.0 Å². The van der Waals surface area contributed by atoms with E-state index < -0.39 is 12.6 Å². The molecule has 0 radical (unpaired) electrons. The Morgan fingerprint density at radius 1 is 1.44 bits per heavy atom. The fourth-order valence-corrected chi connectivity index (χ4v) is 1.77. The van der Waals surface area contributed by atoms with Crippen molar-refractivity contribution in [2.45, 2.75) is 25.7 Å². The van der Waals surface area contributed by atoms with Crippen LogP contribution in [0.4, 0.5) is 13.2 Å². The van der Waals surface area contributed by atoms with E-state index in [2.05, 4.69) is 10.2 Å². The number of halogens is 3. The molecule has 0 fully saturated rings. The van der Waals surface area contributed by atoms with Crippen molar-refractivity contribution >= 4 is 6.29 Å². The lowest BCUT2D eigenvalue weighted by Crippen LogP contribution is -2.23. The fraction of sp³-hybridized carbons (Fsp3) is 0.556. The maximum atomic E-state index is 12.0. The Kier molecular flexibility index (Phi) is 2.71. The Labute approximate surface area is 89.4 Å². The predicted octanol–water partition coefficient (Wildman–Crippen LogP) is 1.49. The molecule has 0 unspecified atom stereocenters. The van der Waals surface area contributed by atoms with Gasteiger partial charge in [0.1, 0.15) is 5.69 Å². The first-order chi connectivity index (χ1) is 7.49. The molecule has 1 aromatic rings. The lowest BCUT2D eigenvalue weighted by atomic mass is 10.2. The Hall–Kier alpha value is -1.37. The zero-order chi connectivity index (χ0) is 11.8. The molecule has 0 spiro atoms. The van der Waals surface area contributed by atoms with Crippen LogP contribution in [0, 0.1) is 0 Å². The summed E-state index contributed by atoms with van der Waals surface area (Å²) < 4.78 is 36.0. The second kappa shape index (κ2) is 3.89. The minimum Gasteiger partial charge on any atom is -0.296 e. The smallest absolute Gasteiger partial charge is 0.296 e. The molecule has 4 nitrogen and oxygen atoms in total. The number of aromatic nitrogens is 2. The number of aromatic amines is 1. The molecule has 7 heteroatoms. The summed E-state index contributed by atoms with van der Waals surface area (Å²) in [4.78, 5) is 12.2. The first-order valence-corrected chi connectivity index (χ1v) is 4.80. The van der Waals surface area contributed by atoms with E-state index in [1.54, 1.807) is 4.90 Å². The van der Waals surface area contributed by atoms with Gasteiger partial charge < -0.3 is 0 Å². The van der Waals surface area contributed by atoms with E-state index >= 15 is 0 Å².